The molecule has 0 saturated carbocycles. The lowest BCUT2D eigenvalue weighted by Crippen LogP contribution is -2.37. The van der Waals surface area contributed by atoms with Crippen LogP contribution in [-0.4, -0.2) is 26.0 Å². The minimum atomic E-state index is -0.519. The minimum absolute atomic E-state index is 0.0746. The topological polar surface area (TPSA) is 67.9 Å². The van der Waals surface area contributed by atoms with Crippen LogP contribution in [0.2, 0.25) is 0 Å². The molecule has 1 atom stereocenters. The SMILES string of the molecule is COc1ccccc1Oc1ccc(NC(=O)C2CC(=O)N(C)c3ccccc32)cc1. The molecular formula is C24H22N2O4. The first kappa shape index (κ1) is 19.5. The number of nitrogens with one attached hydrogen (secondary N) is 1. The molecule has 0 fully saturated rings. The molecule has 2 amide bonds. The number of ether oxygens (including phenoxy) is 2. The number of benzene rings is 3. The molecule has 6 nitrogen and oxygen atoms in total. The molecule has 0 aromatic heterocycles. The number of fused-ring (bicyclic) bond motifs is 1. The first-order valence-corrected chi connectivity index (χ1v) is 9.64. The molecule has 152 valence electrons. The zero-order valence-electron chi connectivity index (χ0n) is 16.8. The first-order chi connectivity index (χ1) is 14.6. The summed E-state index contributed by atoms with van der Waals surface area (Å²) >= 11 is 0. The van der Waals surface area contributed by atoms with Gasteiger partial charge < -0.3 is 19.7 Å². The highest BCUT2D eigenvalue weighted by Gasteiger charge is 2.33. The van der Waals surface area contributed by atoms with Crippen LogP contribution in [0.3, 0.4) is 0 Å². The van der Waals surface area contributed by atoms with Crippen LogP contribution >= 0.6 is 0 Å². The van der Waals surface area contributed by atoms with E-state index in [2.05, 4.69) is 5.32 Å². The van der Waals surface area contributed by atoms with Crippen LogP contribution in [0.4, 0.5) is 11.4 Å². The largest absolute Gasteiger partial charge is 0.493 e. The maximum absolute atomic E-state index is 12.9. The van der Waals surface area contributed by atoms with Crippen LogP contribution in [0.15, 0.2) is 72.8 Å². The molecule has 1 heterocycles. The first-order valence-electron chi connectivity index (χ1n) is 9.64. The second-order valence-corrected chi connectivity index (χ2v) is 7.03. The van der Waals surface area contributed by atoms with Crippen LogP contribution in [0.5, 0.6) is 17.2 Å². The van der Waals surface area contributed by atoms with Gasteiger partial charge in [-0.1, -0.05) is 30.3 Å². The Morgan fingerprint density at radius 2 is 1.63 bits per heavy atom. The number of carbonyl (C=O) groups excluding carboxylic acids is 2. The van der Waals surface area contributed by atoms with Crippen LogP contribution in [-0.2, 0) is 9.59 Å². The third kappa shape index (κ3) is 3.85. The van der Waals surface area contributed by atoms with Crippen LogP contribution < -0.4 is 19.7 Å². The molecule has 3 aromatic carbocycles. The second kappa shape index (κ2) is 8.29. The van der Waals surface area contributed by atoms with E-state index in [1.54, 1.807) is 43.3 Å². The van der Waals surface area contributed by atoms with E-state index in [0.29, 0.717) is 22.9 Å². The summed E-state index contributed by atoms with van der Waals surface area (Å²) in [6.07, 6.45) is 0.147. The van der Waals surface area contributed by atoms with E-state index in [0.717, 1.165) is 11.3 Å². The van der Waals surface area contributed by atoms with Crippen molar-refractivity contribution >= 4 is 23.2 Å². The van der Waals surface area contributed by atoms with Gasteiger partial charge in [0.1, 0.15) is 5.75 Å². The average molecular weight is 402 g/mol. The van der Waals surface area contributed by atoms with Gasteiger partial charge in [0.25, 0.3) is 0 Å². The molecular weight excluding hydrogens is 380 g/mol. The zero-order chi connectivity index (χ0) is 21.1. The summed E-state index contributed by atoms with van der Waals surface area (Å²) in [5.41, 5.74) is 2.26. The number of amides is 2. The Morgan fingerprint density at radius 1 is 0.967 bits per heavy atom. The van der Waals surface area contributed by atoms with Crippen LogP contribution in [0.25, 0.3) is 0 Å². The molecule has 1 aliphatic heterocycles. The van der Waals surface area contributed by atoms with Crippen molar-refractivity contribution in [3.63, 3.8) is 0 Å². The fraction of sp³-hybridized carbons (Fsp3) is 0.167. The van der Waals surface area contributed by atoms with E-state index < -0.39 is 5.92 Å². The number of para-hydroxylation sites is 3. The van der Waals surface area contributed by atoms with Crippen molar-refractivity contribution in [1.29, 1.82) is 0 Å². The van der Waals surface area contributed by atoms with E-state index in [1.165, 1.54) is 0 Å². The van der Waals surface area contributed by atoms with Gasteiger partial charge in [-0.25, -0.2) is 0 Å². The average Bonchev–Trinajstić information content (AvgIpc) is 2.78. The van der Waals surface area contributed by atoms with Crippen LogP contribution in [0.1, 0.15) is 17.9 Å². The lowest BCUT2D eigenvalue weighted by Gasteiger charge is -2.30. The third-order valence-electron chi connectivity index (χ3n) is 5.16. The summed E-state index contributed by atoms with van der Waals surface area (Å²) in [6.45, 7) is 0. The van der Waals surface area contributed by atoms with Crippen molar-refractivity contribution < 1.29 is 19.1 Å². The van der Waals surface area contributed by atoms with Gasteiger partial charge in [-0.15, -0.1) is 0 Å². The van der Waals surface area contributed by atoms with Crippen molar-refractivity contribution in [1.82, 2.24) is 0 Å². The second-order valence-electron chi connectivity index (χ2n) is 7.03. The molecule has 4 rings (SSSR count). The molecule has 1 N–H and O–H groups in total. The van der Waals surface area contributed by atoms with Gasteiger partial charge in [0, 0.05) is 24.8 Å². The summed E-state index contributed by atoms with van der Waals surface area (Å²) in [7, 11) is 3.32. The Kier molecular flexibility index (Phi) is 5.39. The van der Waals surface area contributed by atoms with E-state index in [1.807, 2.05) is 48.5 Å². The fourth-order valence-electron chi connectivity index (χ4n) is 3.54. The smallest absolute Gasteiger partial charge is 0.232 e. The van der Waals surface area contributed by atoms with E-state index in [9.17, 15) is 9.59 Å². The van der Waals surface area contributed by atoms with Crippen LogP contribution in [0, 0.1) is 0 Å². The number of hydrogen-bond donors (Lipinski definition) is 1. The van der Waals surface area contributed by atoms with E-state index in [-0.39, 0.29) is 18.2 Å². The number of carbonyl (C=O) groups is 2. The molecule has 1 unspecified atom stereocenters. The van der Waals surface area contributed by atoms with Crippen molar-refractivity contribution in [2.24, 2.45) is 0 Å². The van der Waals surface area contributed by atoms with E-state index >= 15 is 0 Å². The number of methoxy groups -OCH3 is 1. The molecule has 0 aliphatic carbocycles. The minimum Gasteiger partial charge on any atom is -0.493 e. The molecule has 0 bridgehead atoms. The molecule has 30 heavy (non-hydrogen) atoms. The van der Waals surface area contributed by atoms with Gasteiger partial charge in [0.15, 0.2) is 11.5 Å². The molecule has 6 heteroatoms. The van der Waals surface area contributed by atoms with Gasteiger partial charge in [-0.3, -0.25) is 9.59 Å². The van der Waals surface area contributed by atoms with Crippen molar-refractivity contribution in [2.45, 2.75) is 12.3 Å². The van der Waals surface area contributed by atoms with E-state index in [4.69, 9.17) is 9.47 Å². The summed E-state index contributed by atoms with van der Waals surface area (Å²) in [6, 6.07) is 22.0. The van der Waals surface area contributed by atoms with Gasteiger partial charge in [0.05, 0.1) is 13.0 Å². The Morgan fingerprint density at radius 3 is 2.37 bits per heavy atom. The summed E-state index contributed by atoms with van der Waals surface area (Å²) in [5.74, 6) is 1.07. The van der Waals surface area contributed by atoms with Gasteiger partial charge in [-0.2, -0.15) is 0 Å². The monoisotopic (exact) mass is 402 g/mol. The molecule has 1 aliphatic rings. The quantitative estimate of drug-likeness (QED) is 0.679. The van der Waals surface area contributed by atoms with Crippen molar-refractivity contribution in [3.05, 3.63) is 78.4 Å². The lowest BCUT2D eigenvalue weighted by molar-refractivity contribution is -0.124. The number of nitrogens with zero attached hydrogens (tertiary/aromatic N) is 1. The Labute approximate surface area is 175 Å². The normalized spacial score (nSPS) is 15.3. The van der Waals surface area contributed by atoms with Crippen molar-refractivity contribution in [3.8, 4) is 17.2 Å². The summed E-state index contributed by atoms with van der Waals surface area (Å²) in [4.78, 5) is 26.8. The third-order valence-corrected chi connectivity index (χ3v) is 5.16. The number of rotatable bonds is 5. The highest BCUT2D eigenvalue weighted by Crippen LogP contribution is 2.36. The maximum atomic E-state index is 12.9. The van der Waals surface area contributed by atoms with Gasteiger partial charge >= 0.3 is 0 Å². The Hall–Kier alpha value is -3.80. The lowest BCUT2D eigenvalue weighted by atomic mass is 9.89. The highest BCUT2D eigenvalue weighted by molar-refractivity contribution is 6.05. The maximum Gasteiger partial charge on any atom is 0.232 e. The Bertz CT molecular complexity index is 1080. The predicted octanol–water partition coefficient (Wildman–Crippen LogP) is 4.58. The highest BCUT2D eigenvalue weighted by atomic mass is 16.5. The molecule has 0 saturated heterocycles. The summed E-state index contributed by atoms with van der Waals surface area (Å²) < 4.78 is 11.2. The van der Waals surface area contributed by atoms with Crippen molar-refractivity contribution in [2.75, 3.05) is 24.4 Å². The molecule has 0 spiro atoms. The molecule has 0 radical (unpaired) electrons. The molecule has 3 aromatic rings. The number of anilines is 2. The summed E-state index contributed by atoms with van der Waals surface area (Å²) in [5, 5.41) is 2.91. The number of hydrogen-bond acceptors (Lipinski definition) is 4. The Balaban J connectivity index is 1.48. The fourth-order valence-corrected chi connectivity index (χ4v) is 3.54. The predicted molar refractivity (Wildman–Crippen MR) is 115 cm³/mol. The zero-order valence-corrected chi connectivity index (χ0v) is 16.8. The van der Waals surface area contributed by atoms with Gasteiger partial charge in [0.2, 0.25) is 11.8 Å². The van der Waals surface area contributed by atoms with Gasteiger partial charge in [-0.05, 0) is 48.0 Å². The standard InChI is InChI=1S/C24H22N2O4/c1-26-20-8-4-3-7-18(20)19(15-23(26)27)24(28)25-16-11-13-17(14-12-16)30-22-10-6-5-9-21(22)29-2/h3-14,19H,15H2,1-2H3,(H,25,28).